The minimum absolute atomic E-state index is 0.0317. The van der Waals surface area contributed by atoms with Crippen molar-refractivity contribution in [3.05, 3.63) is 69.6 Å². The number of aromatic nitrogens is 4. The van der Waals surface area contributed by atoms with Gasteiger partial charge in [0.2, 0.25) is 5.91 Å². The summed E-state index contributed by atoms with van der Waals surface area (Å²) in [5, 5.41) is 26.2. The van der Waals surface area contributed by atoms with E-state index < -0.39 is 0 Å². The molecule has 2 amide bonds. The highest BCUT2D eigenvalue weighted by atomic mass is 35.5. The third-order valence-electron chi connectivity index (χ3n) is 7.89. The van der Waals surface area contributed by atoms with E-state index in [0.717, 1.165) is 36.9 Å². The number of nitrogens with zero attached hydrogens (tertiary/aromatic N) is 6. The van der Waals surface area contributed by atoms with Gasteiger partial charge in [-0.25, -0.2) is 0 Å². The summed E-state index contributed by atoms with van der Waals surface area (Å²) in [6.07, 6.45) is 5.78. The van der Waals surface area contributed by atoms with Gasteiger partial charge in [-0.05, 0) is 80.3 Å². The van der Waals surface area contributed by atoms with Crippen LogP contribution in [0.25, 0.3) is 0 Å². The number of piperidine rings is 1. The first-order valence-electron chi connectivity index (χ1n) is 12.5. The van der Waals surface area contributed by atoms with Crippen molar-refractivity contribution in [2.75, 3.05) is 11.4 Å². The number of fused-ring (bicyclic) bond motifs is 1. The zero-order chi connectivity index (χ0) is 25.8. The Morgan fingerprint density at radius 2 is 2.05 bits per heavy atom. The Balaban J connectivity index is 1.08. The third kappa shape index (κ3) is 4.25. The molecule has 1 aromatic carbocycles. The zero-order valence-electron chi connectivity index (χ0n) is 20.6. The van der Waals surface area contributed by atoms with E-state index in [1.165, 1.54) is 0 Å². The SMILES string of the molecule is Cc1cc([C@@H](C)n2cc(C(=O)N[C@H]3C[C@@H](c4cc(Cl)ccc4C#N)C3)cn2)nnc1N1C[C@H]2C[C@H]2C1=O. The summed E-state index contributed by atoms with van der Waals surface area (Å²) in [6, 6.07) is 9.27. The van der Waals surface area contributed by atoms with Crippen molar-refractivity contribution in [2.24, 2.45) is 11.8 Å². The van der Waals surface area contributed by atoms with Crippen molar-refractivity contribution in [1.29, 1.82) is 5.26 Å². The molecule has 37 heavy (non-hydrogen) atoms. The van der Waals surface area contributed by atoms with Gasteiger partial charge in [0.15, 0.2) is 5.82 Å². The Labute approximate surface area is 219 Å². The highest BCUT2D eigenvalue weighted by Crippen LogP contribution is 2.47. The lowest BCUT2D eigenvalue weighted by Crippen LogP contribution is -2.43. The number of rotatable bonds is 6. The van der Waals surface area contributed by atoms with Crippen molar-refractivity contribution >= 4 is 29.2 Å². The van der Waals surface area contributed by atoms with Crippen LogP contribution in [0.2, 0.25) is 5.02 Å². The number of aryl methyl sites for hydroxylation is 1. The number of carbonyl (C=O) groups is 2. The fourth-order valence-electron chi connectivity index (χ4n) is 5.47. The van der Waals surface area contributed by atoms with Gasteiger partial charge in [0.25, 0.3) is 5.91 Å². The van der Waals surface area contributed by atoms with Gasteiger partial charge in [-0.1, -0.05) is 11.6 Å². The Bertz CT molecular complexity index is 1460. The second-order valence-corrected chi connectivity index (χ2v) is 10.8. The second-order valence-electron chi connectivity index (χ2n) is 10.4. The van der Waals surface area contributed by atoms with E-state index >= 15 is 0 Å². The van der Waals surface area contributed by atoms with Crippen molar-refractivity contribution in [1.82, 2.24) is 25.3 Å². The molecular formula is C27H26ClN7O2. The molecule has 3 atom stereocenters. The van der Waals surface area contributed by atoms with Gasteiger partial charge >= 0.3 is 0 Å². The molecule has 2 saturated carbocycles. The van der Waals surface area contributed by atoms with E-state index in [4.69, 9.17) is 11.6 Å². The predicted octanol–water partition coefficient (Wildman–Crippen LogP) is 3.77. The molecule has 2 aromatic heterocycles. The molecule has 1 N–H and O–H groups in total. The van der Waals surface area contributed by atoms with Gasteiger partial charge in [-0.3, -0.25) is 19.2 Å². The van der Waals surface area contributed by atoms with Crippen LogP contribution in [0.3, 0.4) is 0 Å². The molecule has 0 radical (unpaired) electrons. The number of amides is 2. The molecule has 6 rings (SSSR count). The summed E-state index contributed by atoms with van der Waals surface area (Å²) in [5.41, 5.74) is 3.65. The van der Waals surface area contributed by atoms with Crippen LogP contribution in [0.15, 0.2) is 36.7 Å². The molecule has 3 aliphatic rings. The average molecular weight is 516 g/mol. The van der Waals surface area contributed by atoms with Crippen molar-refractivity contribution < 1.29 is 9.59 Å². The Hall–Kier alpha value is -3.77. The summed E-state index contributed by atoms with van der Waals surface area (Å²) in [4.78, 5) is 27.0. The number of anilines is 1. The van der Waals surface area contributed by atoms with Gasteiger partial charge < -0.3 is 5.32 Å². The quantitative estimate of drug-likeness (QED) is 0.534. The molecule has 0 unspecified atom stereocenters. The van der Waals surface area contributed by atoms with Crippen LogP contribution in [-0.4, -0.2) is 44.4 Å². The molecule has 188 valence electrons. The summed E-state index contributed by atoms with van der Waals surface area (Å²) < 4.78 is 1.70. The number of halogens is 1. The molecule has 1 saturated heterocycles. The van der Waals surface area contributed by atoms with Crippen LogP contribution in [0.5, 0.6) is 0 Å². The molecule has 0 spiro atoms. The molecule has 3 heterocycles. The monoisotopic (exact) mass is 515 g/mol. The van der Waals surface area contributed by atoms with E-state index in [-0.39, 0.29) is 35.7 Å². The summed E-state index contributed by atoms with van der Waals surface area (Å²) in [6.45, 7) is 4.61. The number of hydrogen-bond donors (Lipinski definition) is 1. The fraction of sp³-hybridized carbons (Fsp3) is 0.407. The highest BCUT2D eigenvalue weighted by Gasteiger charge is 2.53. The van der Waals surface area contributed by atoms with Crippen molar-refractivity contribution in [3.63, 3.8) is 0 Å². The van der Waals surface area contributed by atoms with Gasteiger partial charge in [0, 0.05) is 29.7 Å². The summed E-state index contributed by atoms with van der Waals surface area (Å²) in [7, 11) is 0. The maximum absolute atomic E-state index is 12.8. The summed E-state index contributed by atoms with van der Waals surface area (Å²) >= 11 is 6.12. The minimum atomic E-state index is -0.232. The lowest BCUT2D eigenvalue weighted by Gasteiger charge is -2.36. The number of hydrogen-bond acceptors (Lipinski definition) is 6. The standard InChI is InChI=1S/C27H26ClN7O2/c1-14-5-24(32-33-25(14)34-12-18-8-23(18)27(34)37)15(2)35-13-19(11-30-35)26(36)31-21-6-17(7-21)22-9-20(28)4-3-16(22)10-29/h3-5,9,11,13,15,17-18,21,23H,6-8,12H2,1-2H3,(H,31,36)/t15-,17-,18-,21+,23-/m1/s1. The van der Waals surface area contributed by atoms with Crippen LogP contribution >= 0.6 is 11.6 Å². The molecule has 3 aromatic rings. The van der Waals surface area contributed by atoms with E-state index in [1.807, 2.05) is 26.0 Å². The number of benzene rings is 1. The molecule has 2 aliphatic carbocycles. The number of carbonyl (C=O) groups excluding carboxylic acids is 2. The maximum Gasteiger partial charge on any atom is 0.254 e. The lowest BCUT2D eigenvalue weighted by atomic mass is 9.74. The van der Waals surface area contributed by atoms with Crippen LogP contribution in [0.4, 0.5) is 5.82 Å². The smallest absolute Gasteiger partial charge is 0.254 e. The normalized spacial score (nSPS) is 24.7. The third-order valence-corrected chi connectivity index (χ3v) is 8.13. The van der Waals surface area contributed by atoms with Crippen LogP contribution < -0.4 is 10.2 Å². The molecule has 1 aliphatic heterocycles. The molecule has 3 fully saturated rings. The van der Waals surface area contributed by atoms with Crippen molar-refractivity contribution in [2.45, 2.75) is 51.1 Å². The molecular weight excluding hydrogens is 490 g/mol. The molecule has 0 bridgehead atoms. The number of nitrogens with one attached hydrogen (secondary N) is 1. The Morgan fingerprint density at radius 3 is 2.76 bits per heavy atom. The Morgan fingerprint density at radius 1 is 1.24 bits per heavy atom. The van der Waals surface area contributed by atoms with E-state index in [0.29, 0.717) is 33.6 Å². The zero-order valence-corrected chi connectivity index (χ0v) is 21.3. The van der Waals surface area contributed by atoms with Gasteiger partial charge in [0.05, 0.1) is 35.1 Å². The van der Waals surface area contributed by atoms with Gasteiger partial charge in [-0.2, -0.15) is 15.5 Å². The Kier molecular flexibility index (Phi) is 5.72. The minimum Gasteiger partial charge on any atom is -0.349 e. The highest BCUT2D eigenvalue weighted by molar-refractivity contribution is 6.30. The second kappa shape index (κ2) is 8.96. The average Bonchev–Trinajstić information content (AvgIpc) is 3.32. The number of nitriles is 1. The van der Waals surface area contributed by atoms with Crippen molar-refractivity contribution in [3.8, 4) is 6.07 Å². The van der Waals surface area contributed by atoms with Gasteiger partial charge in [0.1, 0.15) is 0 Å². The predicted molar refractivity (Wildman–Crippen MR) is 136 cm³/mol. The molecule has 10 heteroatoms. The van der Waals surface area contributed by atoms with Crippen LogP contribution in [0, 0.1) is 30.1 Å². The first-order chi connectivity index (χ1) is 17.8. The first kappa shape index (κ1) is 23.6. The van der Waals surface area contributed by atoms with Crippen LogP contribution in [0.1, 0.15) is 70.9 Å². The van der Waals surface area contributed by atoms with Crippen LogP contribution in [-0.2, 0) is 4.79 Å². The summed E-state index contributed by atoms with van der Waals surface area (Å²) in [5.74, 6) is 1.45. The van der Waals surface area contributed by atoms with Gasteiger partial charge in [-0.15, -0.1) is 5.10 Å². The molecule has 9 nitrogen and oxygen atoms in total. The first-order valence-corrected chi connectivity index (χ1v) is 12.9. The maximum atomic E-state index is 12.8. The van der Waals surface area contributed by atoms with E-state index in [9.17, 15) is 14.9 Å². The topological polar surface area (TPSA) is 117 Å². The fourth-order valence-corrected chi connectivity index (χ4v) is 5.65. The lowest BCUT2D eigenvalue weighted by molar-refractivity contribution is -0.118. The van der Waals surface area contributed by atoms with E-state index in [1.54, 1.807) is 34.1 Å². The largest absolute Gasteiger partial charge is 0.349 e. The van der Waals surface area contributed by atoms with E-state index in [2.05, 4.69) is 26.7 Å².